The van der Waals surface area contributed by atoms with Gasteiger partial charge in [-0.25, -0.2) is 0 Å². The number of carboxylic acids is 1. The monoisotopic (exact) mass is 502 g/mol. The minimum Gasteiger partial charge on any atom is -1.00 e. The van der Waals surface area contributed by atoms with E-state index in [4.69, 9.17) is 14.6 Å². The summed E-state index contributed by atoms with van der Waals surface area (Å²) in [5.41, 5.74) is 0. The Morgan fingerprint density at radius 2 is 1.03 bits per heavy atom. The third-order valence-corrected chi connectivity index (χ3v) is 9.39. The van der Waals surface area contributed by atoms with Crippen LogP contribution >= 0.6 is 7.26 Å². The number of rotatable bonds is 12. The van der Waals surface area contributed by atoms with E-state index in [0.717, 1.165) is 6.16 Å². The molecule has 6 heteroatoms. The number of carbonyl (C=O) groups is 1. The number of carboxylic acid groups (broad SMARTS) is 1. The van der Waals surface area contributed by atoms with Gasteiger partial charge < -0.3 is 31.6 Å². The standard InChI is InChI=1S/C25H27O4P.BrH/c26-25(27)16-17-28-18-19-29-20-21-30(22-10-4-1-5-11-22,23-12-6-2-7-13-23)24-14-8-3-9-15-24;/h1-15H,16-21H2;1H. The summed E-state index contributed by atoms with van der Waals surface area (Å²) >= 11 is 0. The predicted octanol–water partition coefficient (Wildman–Crippen LogP) is 0.492. The maximum atomic E-state index is 10.5. The van der Waals surface area contributed by atoms with Crippen LogP contribution in [-0.2, 0) is 14.3 Å². The summed E-state index contributed by atoms with van der Waals surface area (Å²) in [4.78, 5) is 10.5. The fourth-order valence-electron chi connectivity index (χ4n) is 3.56. The van der Waals surface area contributed by atoms with Gasteiger partial charge in [0.1, 0.15) is 23.2 Å². The fraction of sp³-hybridized carbons (Fsp3) is 0.240. The van der Waals surface area contributed by atoms with Crippen LogP contribution in [0.2, 0.25) is 0 Å². The lowest BCUT2D eigenvalue weighted by Crippen LogP contribution is -3.00. The molecule has 0 atom stereocenters. The second-order valence-electron chi connectivity index (χ2n) is 6.91. The first-order valence-corrected chi connectivity index (χ1v) is 12.1. The summed E-state index contributed by atoms with van der Waals surface area (Å²) in [5, 5.41) is 12.7. The molecule has 0 radical (unpaired) electrons. The molecule has 3 aromatic carbocycles. The highest BCUT2D eigenvalue weighted by Gasteiger charge is 2.44. The summed E-state index contributed by atoms with van der Waals surface area (Å²) in [7, 11) is -1.87. The third-order valence-electron chi connectivity index (χ3n) is 4.99. The van der Waals surface area contributed by atoms with Crippen LogP contribution in [0.5, 0.6) is 0 Å². The molecule has 3 rings (SSSR count). The highest BCUT2D eigenvalue weighted by atomic mass is 79.9. The van der Waals surface area contributed by atoms with Crippen LogP contribution in [-0.4, -0.2) is 43.7 Å². The van der Waals surface area contributed by atoms with Crippen molar-refractivity contribution < 1.29 is 36.4 Å². The molecule has 0 spiro atoms. The van der Waals surface area contributed by atoms with E-state index in [1.807, 2.05) is 0 Å². The van der Waals surface area contributed by atoms with Crippen LogP contribution in [0, 0.1) is 0 Å². The summed E-state index contributed by atoms with van der Waals surface area (Å²) < 4.78 is 11.2. The van der Waals surface area contributed by atoms with Gasteiger partial charge in [0.15, 0.2) is 0 Å². The predicted molar refractivity (Wildman–Crippen MR) is 124 cm³/mol. The Balaban J connectivity index is 0.00000341. The quantitative estimate of drug-likeness (QED) is 0.289. The minimum absolute atomic E-state index is 0. The number of benzene rings is 3. The van der Waals surface area contributed by atoms with Crippen LogP contribution in [0.1, 0.15) is 6.42 Å². The van der Waals surface area contributed by atoms with Crippen molar-refractivity contribution in [2.45, 2.75) is 6.42 Å². The van der Waals surface area contributed by atoms with Crippen molar-refractivity contribution in [3.63, 3.8) is 0 Å². The Kier molecular flexibility index (Phi) is 10.9. The van der Waals surface area contributed by atoms with Gasteiger partial charge in [-0.1, -0.05) is 54.6 Å². The molecule has 0 unspecified atom stereocenters. The van der Waals surface area contributed by atoms with Crippen molar-refractivity contribution in [3.8, 4) is 0 Å². The van der Waals surface area contributed by atoms with Gasteiger partial charge in [-0.05, 0) is 36.4 Å². The van der Waals surface area contributed by atoms with Crippen molar-refractivity contribution in [1.82, 2.24) is 0 Å². The van der Waals surface area contributed by atoms with Crippen LogP contribution in [0.4, 0.5) is 0 Å². The second-order valence-corrected chi connectivity index (χ2v) is 10.5. The van der Waals surface area contributed by atoms with Gasteiger partial charge in [0.25, 0.3) is 0 Å². The Hall–Kier alpha value is -2.04. The Morgan fingerprint density at radius 3 is 1.42 bits per heavy atom. The zero-order valence-corrected chi connectivity index (χ0v) is 19.9. The minimum atomic E-state index is -1.87. The smallest absolute Gasteiger partial charge is 0.305 e. The molecule has 0 aliphatic rings. The van der Waals surface area contributed by atoms with Gasteiger partial charge in [0.2, 0.25) is 0 Å². The molecule has 3 aromatic rings. The average molecular weight is 503 g/mol. The lowest BCUT2D eigenvalue weighted by atomic mass is 10.4. The van der Waals surface area contributed by atoms with Gasteiger partial charge in [-0.3, -0.25) is 4.79 Å². The Labute approximate surface area is 195 Å². The normalized spacial score (nSPS) is 11.0. The van der Waals surface area contributed by atoms with E-state index >= 15 is 0 Å². The molecule has 0 aromatic heterocycles. The highest BCUT2D eigenvalue weighted by Crippen LogP contribution is 2.54. The van der Waals surface area contributed by atoms with Gasteiger partial charge in [-0.2, -0.15) is 0 Å². The van der Waals surface area contributed by atoms with Gasteiger partial charge in [0, 0.05) is 0 Å². The van der Waals surface area contributed by atoms with E-state index in [0.29, 0.717) is 19.8 Å². The van der Waals surface area contributed by atoms with E-state index < -0.39 is 13.2 Å². The first-order chi connectivity index (χ1) is 14.7. The van der Waals surface area contributed by atoms with Crippen LogP contribution in [0.25, 0.3) is 0 Å². The van der Waals surface area contributed by atoms with Crippen molar-refractivity contribution in [2.75, 3.05) is 32.6 Å². The first kappa shape index (κ1) is 25.2. The molecule has 4 nitrogen and oxygen atoms in total. The van der Waals surface area contributed by atoms with Gasteiger partial charge >= 0.3 is 5.97 Å². The van der Waals surface area contributed by atoms with Crippen molar-refractivity contribution in [2.24, 2.45) is 0 Å². The van der Waals surface area contributed by atoms with Crippen LogP contribution < -0.4 is 32.9 Å². The fourth-order valence-corrected chi connectivity index (χ4v) is 7.68. The van der Waals surface area contributed by atoms with Crippen molar-refractivity contribution >= 4 is 29.1 Å². The summed E-state index contributed by atoms with van der Waals surface area (Å²) in [6.07, 6.45) is 0.908. The maximum absolute atomic E-state index is 10.5. The first-order valence-electron chi connectivity index (χ1n) is 10.2. The largest absolute Gasteiger partial charge is 1.00 e. The molecular weight excluding hydrogens is 475 g/mol. The summed E-state index contributed by atoms with van der Waals surface area (Å²) in [5.74, 6) is -0.848. The van der Waals surface area contributed by atoms with Crippen molar-refractivity contribution in [3.05, 3.63) is 91.0 Å². The molecule has 31 heavy (non-hydrogen) atoms. The third kappa shape index (κ3) is 6.98. The molecule has 0 aliphatic heterocycles. The molecule has 0 amide bonds. The summed E-state index contributed by atoms with van der Waals surface area (Å²) in [6, 6.07) is 32.1. The second kappa shape index (κ2) is 13.4. The molecule has 0 heterocycles. The van der Waals surface area contributed by atoms with E-state index in [9.17, 15) is 4.79 Å². The van der Waals surface area contributed by atoms with E-state index in [1.165, 1.54) is 15.9 Å². The number of hydrogen-bond acceptors (Lipinski definition) is 3. The SMILES string of the molecule is O=C(O)CCOCCOCC[P+](c1ccccc1)(c1ccccc1)c1ccccc1.[Br-]. The molecule has 0 fully saturated rings. The summed E-state index contributed by atoms with van der Waals surface area (Å²) in [6.45, 7) is 1.68. The van der Waals surface area contributed by atoms with Gasteiger partial charge in [0.05, 0.1) is 39.0 Å². The van der Waals surface area contributed by atoms with Crippen LogP contribution in [0.3, 0.4) is 0 Å². The highest BCUT2D eigenvalue weighted by molar-refractivity contribution is 7.95. The Bertz CT molecular complexity index is 795. The van der Waals surface area contributed by atoms with E-state index in [-0.39, 0.29) is 30.0 Å². The zero-order valence-electron chi connectivity index (χ0n) is 17.4. The maximum Gasteiger partial charge on any atom is 0.305 e. The van der Waals surface area contributed by atoms with Crippen molar-refractivity contribution in [1.29, 1.82) is 0 Å². The topological polar surface area (TPSA) is 55.8 Å². The molecule has 1 N–H and O–H groups in total. The number of ether oxygens (including phenoxy) is 2. The zero-order chi connectivity index (χ0) is 21.1. The molecule has 0 bridgehead atoms. The number of halogens is 1. The molecular formula is C25H28BrO4P. The lowest BCUT2D eigenvalue weighted by Gasteiger charge is -2.27. The number of hydrogen-bond donors (Lipinski definition) is 1. The average Bonchev–Trinajstić information content (AvgIpc) is 2.80. The van der Waals surface area contributed by atoms with E-state index in [1.54, 1.807) is 0 Å². The van der Waals surface area contributed by atoms with Gasteiger partial charge in [-0.15, -0.1) is 0 Å². The lowest BCUT2D eigenvalue weighted by molar-refractivity contribution is -0.138. The van der Waals surface area contributed by atoms with Crippen LogP contribution in [0.15, 0.2) is 91.0 Å². The molecule has 164 valence electrons. The van der Waals surface area contributed by atoms with E-state index in [2.05, 4.69) is 91.0 Å². The molecule has 0 saturated heterocycles. The number of aliphatic carboxylic acids is 1. The molecule has 0 saturated carbocycles. The molecule has 0 aliphatic carbocycles. The Morgan fingerprint density at radius 1 is 0.645 bits per heavy atom.